The first-order chi connectivity index (χ1) is 12.2. The Morgan fingerprint density at radius 1 is 1.27 bits per heavy atom. The van der Waals surface area contributed by atoms with Gasteiger partial charge in [-0.3, -0.25) is 4.79 Å². The van der Waals surface area contributed by atoms with Crippen LogP contribution in [0.4, 0.5) is 4.79 Å². The first-order valence-electron chi connectivity index (χ1n) is 8.81. The molecule has 0 aromatic heterocycles. The van der Waals surface area contributed by atoms with Gasteiger partial charge in [0.2, 0.25) is 0 Å². The molecule has 26 heavy (non-hydrogen) atoms. The van der Waals surface area contributed by atoms with E-state index in [1.165, 1.54) is 7.11 Å². The molecule has 0 saturated carbocycles. The molecule has 1 aliphatic rings. The van der Waals surface area contributed by atoms with Gasteiger partial charge in [0, 0.05) is 13.1 Å². The molecule has 6 heteroatoms. The second-order valence-corrected chi connectivity index (χ2v) is 7.46. The molecule has 0 aliphatic carbocycles. The summed E-state index contributed by atoms with van der Waals surface area (Å²) in [6.07, 6.45) is 1.22. The highest BCUT2D eigenvalue weighted by Gasteiger charge is 2.28. The Bertz CT molecular complexity index is 708. The van der Waals surface area contributed by atoms with Crippen LogP contribution in [0.5, 0.6) is 5.75 Å². The number of ketones is 1. The number of nitrogens with zero attached hydrogens (tertiary/aromatic N) is 2. The Balaban J connectivity index is 2.04. The van der Waals surface area contributed by atoms with Crippen LogP contribution in [0, 0.1) is 11.3 Å². The van der Waals surface area contributed by atoms with Crippen molar-refractivity contribution >= 4 is 11.9 Å². The normalized spacial score (nSPS) is 15.3. The Labute approximate surface area is 154 Å². The number of likely N-dealkylation sites (tertiary alicyclic amines) is 1. The molecule has 0 unspecified atom stereocenters. The fourth-order valence-electron chi connectivity index (χ4n) is 3.08. The number of hydrogen-bond acceptors (Lipinski definition) is 5. The van der Waals surface area contributed by atoms with Crippen LogP contribution in [0.25, 0.3) is 0 Å². The summed E-state index contributed by atoms with van der Waals surface area (Å²) >= 11 is 0. The van der Waals surface area contributed by atoms with Gasteiger partial charge < -0.3 is 14.4 Å². The fraction of sp³-hybridized carbons (Fsp3) is 0.550. The van der Waals surface area contributed by atoms with Crippen LogP contribution in [-0.2, 0) is 4.74 Å². The van der Waals surface area contributed by atoms with Crippen LogP contribution in [0.15, 0.2) is 18.2 Å². The Hall–Kier alpha value is -2.55. The maximum absolute atomic E-state index is 12.2. The maximum Gasteiger partial charge on any atom is 0.410 e. The topological polar surface area (TPSA) is 79.6 Å². The van der Waals surface area contributed by atoms with Gasteiger partial charge in [0.05, 0.1) is 25.2 Å². The monoisotopic (exact) mass is 358 g/mol. The quantitative estimate of drug-likeness (QED) is 0.763. The molecular formula is C20H26N2O4. The van der Waals surface area contributed by atoms with E-state index < -0.39 is 5.60 Å². The molecule has 0 radical (unpaired) electrons. The summed E-state index contributed by atoms with van der Waals surface area (Å²) in [7, 11) is 1.52. The summed E-state index contributed by atoms with van der Waals surface area (Å²) < 4.78 is 10.8. The largest absolute Gasteiger partial charge is 0.496 e. The standard InChI is InChI=1S/C20H26N2O4/c1-20(2,3)26-19(24)22-11-8-14(9-12-22)15-5-6-16(17(23)7-10-21)18(13-15)25-4/h5-6,13-14H,7-9,11-12H2,1-4H3. The molecule has 1 amide bonds. The van der Waals surface area contributed by atoms with Crippen LogP contribution >= 0.6 is 0 Å². The van der Waals surface area contributed by atoms with Crippen LogP contribution in [0.2, 0.25) is 0 Å². The van der Waals surface area contributed by atoms with Gasteiger partial charge in [-0.2, -0.15) is 5.26 Å². The highest BCUT2D eigenvalue weighted by molar-refractivity contribution is 5.99. The molecule has 1 aromatic carbocycles. The van der Waals surface area contributed by atoms with Crippen molar-refractivity contribution in [3.05, 3.63) is 29.3 Å². The van der Waals surface area contributed by atoms with Gasteiger partial charge in [-0.05, 0) is 57.2 Å². The van der Waals surface area contributed by atoms with E-state index in [2.05, 4.69) is 0 Å². The zero-order valence-electron chi connectivity index (χ0n) is 15.9. The van der Waals surface area contributed by atoms with Crippen LogP contribution < -0.4 is 4.74 Å². The number of nitriles is 1. The molecule has 1 heterocycles. The van der Waals surface area contributed by atoms with Crippen molar-refractivity contribution in [1.82, 2.24) is 4.90 Å². The number of ether oxygens (including phenoxy) is 2. The van der Waals surface area contributed by atoms with Crippen molar-refractivity contribution in [2.45, 2.75) is 51.6 Å². The third kappa shape index (κ3) is 4.98. The fourth-order valence-corrected chi connectivity index (χ4v) is 3.08. The van der Waals surface area contributed by atoms with E-state index in [-0.39, 0.29) is 18.3 Å². The van der Waals surface area contributed by atoms with Gasteiger partial charge in [0.15, 0.2) is 5.78 Å². The van der Waals surface area contributed by atoms with E-state index in [1.54, 1.807) is 11.0 Å². The average Bonchev–Trinajstić information content (AvgIpc) is 2.60. The van der Waals surface area contributed by atoms with Crippen LogP contribution in [0.1, 0.15) is 61.9 Å². The molecule has 1 aromatic rings. The summed E-state index contributed by atoms with van der Waals surface area (Å²) in [6.45, 7) is 6.85. The zero-order chi connectivity index (χ0) is 19.3. The number of Topliss-reactive ketones (excluding diaryl/α,β-unsaturated/α-hetero) is 1. The SMILES string of the molecule is COc1cc(C2CCN(C(=O)OC(C)(C)C)CC2)ccc1C(=O)CC#N. The van der Waals surface area contributed by atoms with E-state index in [1.807, 2.05) is 39.0 Å². The minimum absolute atomic E-state index is 0.163. The smallest absolute Gasteiger partial charge is 0.410 e. The predicted molar refractivity (Wildman–Crippen MR) is 97.3 cm³/mol. The van der Waals surface area contributed by atoms with E-state index in [4.69, 9.17) is 14.7 Å². The third-order valence-electron chi connectivity index (χ3n) is 4.38. The highest BCUT2D eigenvalue weighted by Crippen LogP contribution is 2.32. The number of rotatable bonds is 4. The van der Waals surface area contributed by atoms with Crippen molar-refractivity contribution < 1.29 is 19.1 Å². The number of amides is 1. The molecule has 1 fully saturated rings. The Kier molecular flexibility index (Phi) is 6.25. The van der Waals surface area contributed by atoms with Crippen LogP contribution in [-0.4, -0.2) is 42.6 Å². The number of hydrogen-bond donors (Lipinski definition) is 0. The minimum Gasteiger partial charge on any atom is -0.496 e. The van der Waals surface area contributed by atoms with Crippen molar-refractivity contribution in [2.75, 3.05) is 20.2 Å². The first-order valence-corrected chi connectivity index (χ1v) is 8.81. The number of piperidine rings is 1. The van der Waals surface area contributed by atoms with Gasteiger partial charge in [0.1, 0.15) is 11.4 Å². The molecule has 6 nitrogen and oxygen atoms in total. The van der Waals surface area contributed by atoms with E-state index in [0.29, 0.717) is 30.3 Å². The molecular weight excluding hydrogens is 332 g/mol. The summed E-state index contributed by atoms with van der Waals surface area (Å²) in [4.78, 5) is 25.9. The molecule has 0 bridgehead atoms. The van der Waals surface area contributed by atoms with Gasteiger partial charge in [-0.15, -0.1) is 0 Å². The van der Waals surface area contributed by atoms with E-state index in [0.717, 1.165) is 18.4 Å². The average molecular weight is 358 g/mol. The number of methoxy groups -OCH3 is 1. The molecule has 0 atom stereocenters. The summed E-state index contributed by atoms with van der Waals surface area (Å²) in [5.41, 5.74) is 1.02. The maximum atomic E-state index is 12.2. The van der Waals surface area contributed by atoms with Crippen LogP contribution in [0.3, 0.4) is 0 Å². The number of benzene rings is 1. The predicted octanol–water partition coefficient (Wildman–Crippen LogP) is 3.91. The lowest BCUT2D eigenvalue weighted by molar-refractivity contribution is 0.0204. The van der Waals surface area contributed by atoms with Crippen molar-refractivity contribution in [3.8, 4) is 11.8 Å². The second kappa shape index (κ2) is 8.22. The van der Waals surface area contributed by atoms with Crippen molar-refractivity contribution in [3.63, 3.8) is 0 Å². The molecule has 1 saturated heterocycles. The van der Waals surface area contributed by atoms with Gasteiger partial charge >= 0.3 is 6.09 Å². The zero-order valence-corrected chi connectivity index (χ0v) is 15.9. The molecule has 2 rings (SSSR count). The lowest BCUT2D eigenvalue weighted by Crippen LogP contribution is -2.41. The number of carbonyl (C=O) groups excluding carboxylic acids is 2. The van der Waals surface area contributed by atoms with Gasteiger partial charge in [0.25, 0.3) is 0 Å². The van der Waals surface area contributed by atoms with Crippen molar-refractivity contribution in [2.24, 2.45) is 0 Å². The summed E-state index contributed by atoms with van der Waals surface area (Å²) in [6, 6.07) is 7.39. The first kappa shape index (κ1) is 19.8. The summed E-state index contributed by atoms with van der Waals surface area (Å²) in [5, 5.41) is 8.71. The lowest BCUT2D eigenvalue weighted by atomic mass is 9.88. The van der Waals surface area contributed by atoms with E-state index >= 15 is 0 Å². The van der Waals surface area contributed by atoms with E-state index in [9.17, 15) is 9.59 Å². The summed E-state index contributed by atoms with van der Waals surface area (Å²) in [5.74, 6) is 0.552. The number of carbonyl (C=O) groups is 2. The lowest BCUT2D eigenvalue weighted by Gasteiger charge is -2.33. The minimum atomic E-state index is -0.493. The Morgan fingerprint density at radius 2 is 1.92 bits per heavy atom. The highest BCUT2D eigenvalue weighted by atomic mass is 16.6. The third-order valence-corrected chi connectivity index (χ3v) is 4.38. The van der Waals surface area contributed by atoms with Gasteiger partial charge in [-0.25, -0.2) is 4.79 Å². The van der Waals surface area contributed by atoms with Gasteiger partial charge in [-0.1, -0.05) is 6.07 Å². The molecule has 0 spiro atoms. The molecule has 140 valence electrons. The second-order valence-electron chi connectivity index (χ2n) is 7.46. The van der Waals surface area contributed by atoms with Crippen molar-refractivity contribution in [1.29, 1.82) is 5.26 Å². The molecule has 0 N–H and O–H groups in total. The Morgan fingerprint density at radius 3 is 2.46 bits per heavy atom. The molecule has 1 aliphatic heterocycles.